The summed E-state index contributed by atoms with van der Waals surface area (Å²) in [5.74, 6) is 0. The molecule has 0 bridgehead atoms. The van der Waals surface area contributed by atoms with E-state index in [0.717, 1.165) is 6.07 Å². The molecule has 0 amide bonds. The summed E-state index contributed by atoms with van der Waals surface area (Å²) >= 11 is 2.89. The van der Waals surface area contributed by atoms with Gasteiger partial charge in [-0.1, -0.05) is 0 Å². The van der Waals surface area contributed by atoms with E-state index in [9.17, 15) is 8.78 Å². The van der Waals surface area contributed by atoms with Crippen LogP contribution in [0.5, 0.6) is 0 Å². The summed E-state index contributed by atoms with van der Waals surface area (Å²) in [6.45, 7) is 0. The third-order valence-corrected chi connectivity index (χ3v) is 2.00. The van der Waals surface area contributed by atoms with Crippen LogP contribution in [0.1, 0.15) is 17.7 Å². The normalized spacial score (nSPS) is 10.1. The van der Waals surface area contributed by atoms with Gasteiger partial charge in [-0.2, -0.15) is 5.26 Å². The van der Waals surface area contributed by atoms with E-state index >= 15 is 0 Å². The van der Waals surface area contributed by atoms with Gasteiger partial charge in [0.2, 0.25) is 0 Å². The molecule has 0 aromatic carbocycles. The highest BCUT2D eigenvalue weighted by molar-refractivity contribution is 9.10. The lowest BCUT2D eigenvalue weighted by molar-refractivity contribution is 0.152. The average molecular weight is 248 g/mol. The van der Waals surface area contributed by atoms with Crippen LogP contribution in [0, 0.1) is 11.3 Å². The molecule has 2 N–H and O–H groups in total. The van der Waals surface area contributed by atoms with Crippen molar-refractivity contribution in [1.29, 1.82) is 5.26 Å². The van der Waals surface area contributed by atoms with Crippen molar-refractivity contribution in [3.63, 3.8) is 0 Å². The Morgan fingerprint density at radius 2 is 2.23 bits per heavy atom. The first-order valence-electron chi connectivity index (χ1n) is 3.20. The first-order valence-corrected chi connectivity index (χ1v) is 3.99. The number of nitrogens with two attached hydrogens (primary N) is 1. The van der Waals surface area contributed by atoms with Crippen LogP contribution in [-0.2, 0) is 0 Å². The molecule has 68 valence electrons. The maximum absolute atomic E-state index is 12.3. The fourth-order valence-corrected chi connectivity index (χ4v) is 1.20. The average Bonchev–Trinajstić information content (AvgIpc) is 2.09. The maximum Gasteiger partial charge on any atom is 0.266 e. The molecule has 3 nitrogen and oxygen atoms in total. The largest absolute Gasteiger partial charge is 0.396 e. The standard InChI is InChI=1S/C7H4BrF2N3/c8-6-5(12)4(7(9)10)1-3(2-11)13-6/h1,7H,12H2. The number of pyridine rings is 1. The predicted octanol–water partition coefficient (Wildman–Crippen LogP) is 2.24. The molecule has 0 aliphatic heterocycles. The van der Waals surface area contributed by atoms with E-state index in [2.05, 4.69) is 20.9 Å². The summed E-state index contributed by atoms with van der Waals surface area (Å²) in [6.07, 6.45) is -2.70. The van der Waals surface area contributed by atoms with Gasteiger partial charge in [-0.3, -0.25) is 0 Å². The minimum Gasteiger partial charge on any atom is -0.396 e. The highest BCUT2D eigenvalue weighted by Crippen LogP contribution is 2.29. The van der Waals surface area contributed by atoms with E-state index in [4.69, 9.17) is 11.0 Å². The number of nitrogens with zero attached hydrogens (tertiary/aromatic N) is 2. The first-order chi connectivity index (χ1) is 6.06. The van der Waals surface area contributed by atoms with Crippen molar-refractivity contribution in [1.82, 2.24) is 4.98 Å². The molecule has 0 radical (unpaired) electrons. The van der Waals surface area contributed by atoms with Gasteiger partial charge in [0.25, 0.3) is 6.43 Å². The molecule has 6 heteroatoms. The number of nitrogen functional groups attached to an aromatic ring is 1. The summed E-state index contributed by atoms with van der Waals surface area (Å²) < 4.78 is 24.6. The summed E-state index contributed by atoms with van der Waals surface area (Å²) in [5.41, 5.74) is 4.71. The van der Waals surface area contributed by atoms with Crippen LogP contribution in [-0.4, -0.2) is 4.98 Å². The van der Waals surface area contributed by atoms with E-state index in [-0.39, 0.29) is 21.5 Å². The topological polar surface area (TPSA) is 62.7 Å². The minimum absolute atomic E-state index is 0.0712. The van der Waals surface area contributed by atoms with Gasteiger partial charge in [0.05, 0.1) is 5.69 Å². The van der Waals surface area contributed by atoms with Crippen molar-refractivity contribution in [3.05, 3.63) is 21.9 Å². The third kappa shape index (κ3) is 1.92. The SMILES string of the molecule is N#Cc1cc(C(F)F)c(N)c(Br)n1. The first kappa shape index (κ1) is 9.86. The zero-order valence-electron chi connectivity index (χ0n) is 6.26. The van der Waals surface area contributed by atoms with Crippen LogP contribution in [0.2, 0.25) is 0 Å². The van der Waals surface area contributed by atoms with E-state index in [1.807, 2.05) is 0 Å². The zero-order chi connectivity index (χ0) is 10.0. The smallest absolute Gasteiger partial charge is 0.266 e. The monoisotopic (exact) mass is 247 g/mol. The Balaban J connectivity index is 3.35. The fraction of sp³-hybridized carbons (Fsp3) is 0.143. The van der Waals surface area contributed by atoms with Crippen LogP contribution < -0.4 is 5.73 Å². The minimum atomic E-state index is -2.70. The van der Waals surface area contributed by atoms with Crippen molar-refractivity contribution in [2.45, 2.75) is 6.43 Å². The van der Waals surface area contributed by atoms with Crippen molar-refractivity contribution in [2.75, 3.05) is 5.73 Å². The second kappa shape index (κ2) is 3.66. The summed E-state index contributed by atoms with van der Waals surface area (Å²) in [4.78, 5) is 3.63. The molecule has 0 fully saturated rings. The van der Waals surface area contributed by atoms with Crippen LogP contribution in [0.4, 0.5) is 14.5 Å². The molecule has 0 saturated heterocycles. The highest BCUT2D eigenvalue weighted by atomic mass is 79.9. The Labute approximate surface area is 81.3 Å². The quantitative estimate of drug-likeness (QED) is 0.775. The van der Waals surface area contributed by atoms with Gasteiger partial charge in [-0.05, 0) is 22.0 Å². The van der Waals surface area contributed by atoms with Crippen LogP contribution in [0.15, 0.2) is 10.7 Å². The van der Waals surface area contributed by atoms with Crippen molar-refractivity contribution in [2.24, 2.45) is 0 Å². The number of hydrogen-bond acceptors (Lipinski definition) is 3. The Hall–Kier alpha value is -1.22. The van der Waals surface area contributed by atoms with Gasteiger partial charge in [0.15, 0.2) is 0 Å². The van der Waals surface area contributed by atoms with E-state index in [1.165, 1.54) is 0 Å². The fourth-order valence-electron chi connectivity index (χ4n) is 0.780. The lowest BCUT2D eigenvalue weighted by Gasteiger charge is -2.05. The molecule has 0 spiro atoms. The lowest BCUT2D eigenvalue weighted by atomic mass is 10.2. The van der Waals surface area contributed by atoms with Crippen LogP contribution in [0.3, 0.4) is 0 Å². The van der Waals surface area contributed by atoms with Gasteiger partial charge in [-0.15, -0.1) is 0 Å². The zero-order valence-corrected chi connectivity index (χ0v) is 7.85. The molecule has 0 atom stereocenters. The lowest BCUT2D eigenvalue weighted by Crippen LogP contribution is -1.99. The number of rotatable bonds is 1. The second-order valence-electron chi connectivity index (χ2n) is 2.21. The van der Waals surface area contributed by atoms with E-state index in [1.54, 1.807) is 6.07 Å². The molecule has 0 saturated carbocycles. The van der Waals surface area contributed by atoms with Crippen LogP contribution >= 0.6 is 15.9 Å². The van der Waals surface area contributed by atoms with Gasteiger partial charge in [-0.25, -0.2) is 13.8 Å². The summed E-state index contributed by atoms with van der Waals surface area (Å²) in [7, 11) is 0. The van der Waals surface area contributed by atoms with Gasteiger partial charge < -0.3 is 5.73 Å². The van der Waals surface area contributed by atoms with Crippen molar-refractivity contribution in [3.8, 4) is 6.07 Å². The number of halogens is 3. The predicted molar refractivity (Wildman–Crippen MR) is 46.0 cm³/mol. The molecule has 1 rings (SSSR count). The second-order valence-corrected chi connectivity index (χ2v) is 2.96. The van der Waals surface area contributed by atoms with E-state index in [0.29, 0.717) is 0 Å². The van der Waals surface area contributed by atoms with Gasteiger partial charge in [0, 0.05) is 5.56 Å². The third-order valence-electron chi connectivity index (χ3n) is 1.39. The molecule has 0 aliphatic rings. The Kier molecular flexibility index (Phi) is 2.78. The van der Waals surface area contributed by atoms with Crippen molar-refractivity contribution >= 4 is 21.6 Å². The van der Waals surface area contributed by atoms with Gasteiger partial charge in [0.1, 0.15) is 16.4 Å². The number of nitriles is 1. The molecule has 1 heterocycles. The van der Waals surface area contributed by atoms with Gasteiger partial charge >= 0.3 is 0 Å². The van der Waals surface area contributed by atoms with Crippen LogP contribution in [0.25, 0.3) is 0 Å². The molecule has 13 heavy (non-hydrogen) atoms. The summed E-state index contributed by atoms with van der Waals surface area (Å²) in [6, 6.07) is 2.64. The Morgan fingerprint density at radius 1 is 1.62 bits per heavy atom. The number of alkyl halides is 2. The summed E-state index contributed by atoms with van der Waals surface area (Å²) in [5, 5.41) is 8.44. The number of hydrogen-bond donors (Lipinski definition) is 1. The molecular weight excluding hydrogens is 244 g/mol. The molecule has 1 aromatic heterocycles. The molecule has 1 aromatic rings. The Morgan fingerprint density at radius 3 is 2.69 bits per heavy atom. The Bertz CT molecular complexity index is 373. The highest BCUT2D eigenvalue weighted by Gasteiger charge is 2.15. The van der Waals surface area contributed by atoms with E-state index < -0.39 is 6.43 Å². The number of aromatic nitrogens is 1. The maximum atomic E-state index is 12.3. The number of anilines is 1. The molecule has 0 aliphatic carbocycles. The van der Waals surface area contributed by atoms with Crippen molar-refractivity contribution < 1.29 is 8.78 Å². The molecular formula is C7H4BrF2N3. The molecule has 0 unspecified atom stereocenters.